The van der Waals surface area contributed by atoms with E-state index in [0.717, 1.165) is 63.4 Å². The third kappa shape index (κ3) is 5.51. The molecule has 7 atom stereocenters. The second kappa shape index (κ2) is 11.2. The van der Waals surface area contributed by atoms with E-state index in [0.29, 0.717) is 23.7 Å². The first-order chi connectivity index (χ1) is 16.7. The molecule has 5 heteroatoms. The summed E-state index contributed by atoms with van der Waals surface area (Å²) in [6, 6.07) is 0. The molecule has 3 aliphatic carbocycles. The summed E-state index contributed by atoms with van der Waals surface area (Å²) in [7, 11) is 1.90. The van der Waals surface area contributed by atoms with Crippen LogP contribution in [0.3, 0.4) is 0 Å². The second-order valence-corrected chi connectivity index (χ2v) is 13.2. The Hall–Kier alpha value is -0.940. The number of piperazine rings is 1. The molecule has 35 heavy (non-hydrogen) atoms. The maximum absolute atomic E-state index is 13.7. The van der Waals surface area contributed by atoms with Crippen LogP contribution < -0.4 is 0 Å². The van der Waals surface area contributed by atoms with Crippen molar-refractivity contribution in [2.45, 2.75) is 91.9 Å². The molecular formula is C30H52N2O3. The Kier molecular flexibility index (Phi) is 8.68. The Morgan fingerprint density at radius 3 is 2.43 bits per heavy atom. The van der Waals surface area contributed by atoms with Crippen LogP contribution in [0.25, 0.3) is 0 Å². The number of rotatable bonds is 8. The van der Waals surface area contributed by atoms with E-state index >= 15 is 0 Å². The SMILES string of the molecule is CCC[C@@]1(C)C([C@@H]2CC[C@H]3C[C@@H](C)CC[C@]3(COC)C2)CC[C@@H]1C(=O)CN1CCN(C(C)=O)CC1. The highest BCUT2D eigenvalue weighted by atomic mass is 16.5. The van der Waals surface area contributed by atoms with Gasteiger partial charge in [-0.15, -0.1) is 0 Å². The predicted molar refractivity (Wildman–Crippen MR) is 141 cm³/mol. The smallest absolute Gasteiger partial charge is 0.219 e. The topological polar surface area (TPSA) is 49.9 Å². The minimum absolute atomic E-state index is 0.126. The molecule has 1 heterocycles. The van der Waals surface area contributed by atoms with E-state index < -0.39 is 0 Å². The summed E-state index contributed by atoms with van der Waals surface area (Å²) in [5.41, 5.74) is 0.497. The van der Waals surface area contributed by atoms with E-state index in [4.69, 9.17) is 4.74 Å². The summed E-state index contributed by atoms with van der Waals surface area (Å²) < 4.78 is 5.87. The fourth-order valence-corrected chi connectivity index (χ4v) is 9.22. The molecule has 3 saturated carbocycles. The standard InChI is InChI=1S/C30H52N2O3/c1-6-12-29(4)26(24-7-8-25-18-22(2)11-13-30(25,19-24)21-35-5)9-10-27(29)28(34)20-31-14-16-32(17-15-31)23(3)33/h22,24-27H,6-21H2,1-5H3/t22-,24+,25-,26?,27+,29-,30+/m0/s1. The molecule has 0 aromatic carbocycles. The third-order valence-corrected chi connectivity index (χ3v) is 11.0. The summed E-state index contributed by atoms with van der Waals surface area (Å²) >= 11 is 0. The first kappa shape index (κ1) is 27.1. The monoisotopic (exact) mass is 488 g/mol. The van der Waals surface area contributed by atoms with Crippen molar-refractivity contribution in [1.29, 1.82) is 0 Å². The zero-order chi connectivity index (χ0) is 25.2. The minimum Gasteiger partial charge on any atom is -0.384 e. The van der Waals surface area contributed by atoms with Crippen LogP contribution in [-0.2, 0) is 14.3 Å². The molecule has 4 rings (SSSR count). The summed E-state index contributed by atoms with van der Waals surface area (Å²) in [6.07, 6.45) is 12.7. The molecule has 0 N–H and O–H groups in total. The number of carbonyl (C=O) groups excluding carboxylic acids is 2. The van der Waals surface area contributed by atoms with E-state index in [1.807, 2.05) is 12.0 Å². The van der Waals surface area contributed by atoms with Gasteiger partial charge in [-0.3, -0.25) is 14.5 Å². The lowest BCUT2D eigenvalue weighted by Gasteiger charge is -2.54. The normalized spacial score (nSPS) is 40.5. The maximum Gasteiger partial charge on any atom is 0.219 e. The Morgan fingerprint density at radius 1 is 1.03 bits per heavy atom. The predicted octanol–water partition coefficient (Wildman–Crippen LogP) is 5.42. The first-order valence-corrected chi connectivity index (χ1v) is 14.7. The van der Waals surface area contributed by atoms with Crippen LogP contribution in [-0.4, -0.2) is 67.9 Å². The van der Waals surface area contributed by atoms with E-state index in [2.05, 4.69) is 25.7 Å². The summed E-state index contributed by atoms with van der Waals surface area (Å²) in [6.45, 7) is 13.5. The Balaban J connectivity index is 1.44. The largest absolute Gasteiger partial charge is 0.384 e. The van der Waals surface area contributed by atoms with Crippen molar-refractivity contribution in [2.75, 3.05) is 46.4 Å². The third-order valence-electron chi connectivity index (χ3n) is 11.0. The van der Waals surface area contributed by atoms with Gasteiger partial charge < -0.3 is 9.64 Å². The van der Waals surface area contributed by atoms with Gasteiger partial charge in [-0.25, -0.2) is 0 Å². The number of amides is 1. The molecule has 0 aromatic heterocycles. The van der Waals surface area contributed by atoms with Gasteiger partial charge in [0.2, 0.25) is 5.91 Å². The molecule has 5 nitrogen and oxygen atoms in total. The van der Waals surface area contributed by atoms with E-state index in [1.165, 1.54) is 51.4 Å². The van der Waals surface area contributed by atoms with Crippen molar-refractivity contribution in [3.8, 4) is 0 Å². The van der Waals surface area contributed by atoms with E-state index in [1.54, 1.807) is 6.92 Å². The molecule has 0 aromatic rings. The van der Waals surface area contributed by atoms with Crippen molar-refractivity contribution in [2.24, 2.45) is 40.4 Å². The molecule has 1 amide bonds. The van der Waals surface area contributed by atoms with Crippen molar-refractivity contribution < 1.29 is 14.3 Å². The molecule has 0 spiro atoms. The lowest BCUT2D eigenvalue weighted by molar-refractivity contribution is -0.132. The molecule has 1 unspecified atom stereocenters. The van der Waals surface area contributed by atoms with Crippen molar-refractivity contribution in [3.05, 3.63) is 0 Å². The zero-order valence-electron chi connectivity index (χ0n) is 23.3. The molecule has 1 saturated heterocycles. The van der Waals surface area contributed by atoms with Crippen LogP contribution in [0, 0.1) is 40.4 Å². The molecule has 4 fully saturated rings. The molecule has 4 aliphatic rings. The lowest BCUT2D eigenvalue weighted by Crippen LogP contribution is -2.51. The van der Waals surface area contributed by atoms with Crippen LogP contribution in [0.5, 0.6) is 0 Å². The summed E-state index contributed by atoms with van der Waals surface area (Å²) in [4.78, 5) is 29.6. The first-order valence-electron chi connectivity index (χ1n) is 14.7. The van der Waals surface area contributed by atoms with Gasteiger partial charge in [-0.1, -0.05) is 33.6 Å². The fraction of sp³-hybridized carbons (Fsp3) is 0.933. The van der Waals surface area contributed by atoms with Gasteiger partial charge in [0.25, 0.3) is 0 Å². The van der Waals surface area contributed by atoms with Gasteiger partial charge in [0, 0.05) is 46.1 Å². The van der Waals surface area contributed by atoms with Crippen LogP contribution in [0.4, 0.5) is 0 Å². The number of carbonyl (C=O) groups is 2. The second-order valence-electron chi connectivity index (χ2n) is 13.2. The van der Waals surface area contributed by atoms with Crippen molar-refractivity contribution in [1.82, 2.24) is 9.80 Å². The van der Waals surface area contributed by atoms with Gasteiger partial charge >= 0.3 is 0 Å². The lowest BCUT2D eigenvalue weighted by atomic mass is 9.52. The van der Waals surface area contributed by atoms with Gasteiger partial charge in [0.15, 0.2) is 0 Å². The Morgan fingerprint density at radius 2 is 1.77 bits per heavy atom. The van der Waals surface area contributed by atoms with Crippen LogP contribution in [0.15, 0.2) is 0 Å². The number of ketones is 1. The fourth-order valence-electron chi connectivity index (χ4n) is 9.22. The number of Topliss-reactive ketones (excluding diaryl/α,β-unsaturated/α-hetero) is 1. The van der Waals surface area contributed by atoms with E-state index in [-0.39, 0.29) is 17.2 Å². The number of fused-ring (bicyclic) bond motifs is 1. The van der Waals surface area contributed by atoms with Crippen LogP contribution in [0.2, 0.25) is 0 Å². The average molecular weight is 489 g/mol. The van der Waals surface area contributed by atoms with Gasteiger partial charge in [-0.2, -0.15) is 0 Å². The number of hydrogen-bond donors (Lipinski definition) is 0. The number of nitrogens with zero attached hydrogens (tertiary/aromatic N) is 2. The Labute approximate surface area is 214 Å². The van der Waals surface area contributed by atoms with Crippen molar-refractivity contribution >= 4 is 11.7 Å². The quantitative estimate of drug-likeness (QED) is 0.458. The Bertz CT molecular complexity index is 748. The highest BCUT2D eigenvalue weighted by Gasteiger charge is 2.55. The van der Waals surface area contributed by atoms with Crippen LogP contribution in [0.1, 0.15) is 91.9 Å². The summed E-state index contributed by atoms with van der Waals surface area (Å²) in [5, 5.41) is 0. The summed E-state index contributed by atoms with van der Waals surface area (Å²) in [5.74, 6) is 3.90. The molecule has 1 aliphatic heterocycles. The van der Waals surface area contributed by atoms with Gasteiger partial charge in [-0.05, 0) is 85.9 Å². The van der Waals surface area contributed by atoms with E-state index in [9.17, 15) is 9.59 Å². The van der Waals surface area contributed by atoms with Crippen molar-refractivity contribution in [3.63, 3.8) is 0 Å². The highest BCUT2D eigenvalue weighted by Crippen LogP contribution is 2.61. The molecule has 200 valence electrons. The minimum atomic E-state index is 0.126. The van der Waals surface area contributed by atoms with Gasteiger partial charge in [0.1, 0.15) is 5.78 Å². The van der Waals surface area contributed by atoms with Gasteiger partial charge in [0.05, 0.1) is 13.2 Å². The zero-order valence-corrected chi connectivity index (χ0v) is 23.3. The average Bonchev–Trinajstić information content (AvgIpc) is 3.16. The molecule has 0 bridgehead atoms. The number of hydrogen-bond acceptors (Lipinski definition) is 4. The highest BCUT2D eigenvalue weighted by molar-refractivity contribution is 5.84. The van der Waals surface area contributed by atoms with Crippen LogP contribution >= 0.6 is 0 Å². The molecular weight excluding hydrogens is 436 g/mol. The molecule has 0 radical (unpaired) electrons. The number of ether oxygens (including phenoxy) is 1. The number of methoxy groups -OCH3 is 1. The maximum atomic E-state index is 13.7.